The van der Waals surface area contributed by atoms with Gasteiger partial charge in [0.05, 0.1) is 12.8 Å². The van der Waals surface area contributed by atoms with Crippen molar-refractivity contribution in [2.45, 2.75) is 33.3 Å². The Labute approximate surface area is 205 Å². The highest BCUT2D eigenvalue weighted by atomic mass is 35.5. The number of rotatable bonds is 11. The van der Waals surface area contributed by atoms with Gasteiger partial charge in [0.15, 0.2) is 18.1 Å². The van der Waals surface area contributed by atoms with Gasteiger partial charge in [-0.05, 0) is 72.0 Å². The Balaban J connectivity index is 1.52. The maximum atomic E-state index is 12.0. The lowest BCUT2D eigenvalue weighted by Crippen LogP contribution is -2.24. The number of hydrogen-bond donors (Lipinski definition) is 1. The first-order valence-electron chi connectivity index (χ1n) is 11.1. The predicted octanol–water partition coefficient (Wildman–Crippen LogP) is 5.97. The fourth-order valence-electron chi connectivity index (χ4n) is 3.04. The fraction of sp³-hybridized carbons (Fsp3) is 0.259. The van der Waals surface area contributed by atoms with Crippen molar-refractivity contribution in [3.63, 3.8) is 0 Å². The smallest absolute Gasteiger partial charge is 0.277 e. The van der Waals surface area contributed by atoms with Crippen molar-refractivity contribution in [3.05, 3.63) is 88.4 Å². The van der Waals surface area contributed by atoms with Crippen molar-refractivity contribution in [1.82, 2.24) is 5.43 Å². The highest BCUT2D eigenvalue weighted by Gasteiger charge is 2.07. The third-order valence-electron chi connectivity index (χ3n) is 4.89. The third-order valence-corrected chi connectivity index (χ3v) is 5.15. The molecule has 7 heteroatoms. The monoisotopic (exact) mass is 480 g/mol. The Kier molecular flexibility index (Phi) is 9.35. The zero-order chi connectivity index (χ0) is 24.3. The van der Waals surface area contributed by atoms with Gasteiger partial charge in [-0.1, -0.05) is 49.7 Å². The molecule has 0 saturated carbocycles. The van der Waals surface area contributed by atoms with Crippen LogP contribution in [0.3, 0.4) is 0 Å². The number of carbonyl (C=O) groups excluding carboxylic acids is 1. The second-order valence-corrected chi connectivity index (χ2v) is 8.30. The van der Waals surface area contributed by atoms with Crippen LogP contribution in [0.15, 0.2) is 71.8 Å². The molecule has 0 saturated heterocycles. The zero-order valence-corrected chi connectivity index (χ0v) is 20.3. The fourth-order valence-corrected chi connectivity index (χ4v) is 3.17. The molecule has 0 aromatic heterocycles. The summed E-state index contributed by atoms with van der Waals surface area (Å²) in [5.74, 6) is 1.95. The van der Waals surface area contributed by atoms with Crippen molar-refractivity contribution in [2.24, 2.45) is 5.10 Å². The minimum atomic E-state index is -0.350. The van der Waals surface area contributed by atoms with Crippen LogP contribution in [0.1, 0.15) is 43.4 Å². The number of hydrogen-bond acceptors (Lipinski definition) is 5. The van der Waals surface area contributed by atoms with E-state index in [1.54, 1.807) is 6.21 Å². The molecule has 0 unspecified atom stereocenters. The minimum absolute atomic E-state index is 0.125. The molecule has 0 aliphatic heterocycles. The van der Waals surface area contributed by atoms with Gasteiger partial charge in [-0.2, -0.15) is 5.10 Å². The van der Waals surface area contributed by atoms with Gasteiger partial charge in [-0.3, -0.25) is 4.79 Å². The van der Waals surface area contributed by atoms with Crippen LogP contribution in [0.25, 0.3) is 0 Å². The molecule has 0 atom stereocenters. The van der Waals surface area contributed by atoms with Gasteiger partial charge in [-0.25, -0.2) is 5.43 Å². The molecule has 0 spiro atoms. The molecule has 3 aromatic rings. The average molecular weight is 481 g/mol. The van der Waals surface area contributed by atoms with Gasteiger partial charge < -0.3 is 14.2 Å². The van der Waals surface area contributed by atoms with E-state index in [1.165, 1.54) is 5.56 Å². The van der Waals surface area contributed by atoms with E-state index in [4.69, 9.17) is 25.8 Å². The summed E-state index contributed by atoms with van der Waals surface area (Å²) in [6.45, 7) is 6.91. The normalized spacial score (nSPS) is 11.0. The van der Waals surface area contributed by atoms with Crippen LogP contribution >= 0.6 is 11.6 Å². The SMILES string of the molecule is CCOc1cc(/C=N/NC(=O)COc2ccc(C(C)C)cc2)ccc1OCc1ccc(Cl)cc1. The lowest BCUT2D eigenvalue weighted by Gasteiger charge is -2.12. The highest BCUT2D eigenvalue weighted by Crippen LogP contribution is 2.29. The summed E-state index contributed by atoms with van der Waals surface area (Å²) in [6, 6.07) is 20.6. The van der Waals surface area contributed by atoms with Crippen LogP contribution in [0.5, 0.6) is 17.2 Å². The van der Waals surface area contributed by atoms with Crippen LogP contribution in [-0.4, -0.2) is 25.3 Å². The maximum absolute atomic E-state index is 12.0. The van der Waals surface area contributed by atoms with Crippen LogP contribution in [0, 0.1) is 0 Å². The number of nitrogens with one attached hydrogen (secondary N) is 1. The summed E-state index contributed by atoms with van der Waals surface area (Å²) < 4.78 is 17.1. The minimum Gasteiger partial charge on any atom is -0.490 e. The van der Waals surface area contributed by atoms with Crippen LogP contribution in [0.4, 0.5) is 0 Å². The van der Waals surface area contributed by atoms with Crippen LogP contribution in [0.2, 0.25) is 5.02 Å². The summed E-state index contributed by atoms with van der Waals surface area (Å²) in [5, 5.41) is 4.69. The number of ether oxygens (including phenoxy) is 3. The van der Waals surface area contributed by atoms with Gasteiger partial charge in [0.2, 0.25) is 0 Å². The summed E-state index contributed by atoms with van der Waals surface area (Å²) in [6.07, 6.45) is 1.54. The Hall–Kier alpha value is -3.51. The maximum Gasteiger partial charge on any atom is 0.277 e. The van der Waals surface area contributed by atoms with Gasteiger partial charge in [-0.15, -0.1) is 0 Å². The molecule has 34 heavy (non-hydrogen) atoms. The Morgan fingerprint density at radius 1 is 0.971 bits per heavy atom. The van der Waals surface area contributed by atoms with Gasteiger partial charge in [0.25, 0.3) is 5.91 Å². The molecular formula is C27H29ClN2O4. The molecule has 1 amide bonds. The molecule has 3 aromatic carbocycles. The first-order chi connectivity index (χ1) is 16.4. The Bertz CT molecular complexity index is 1100. The van der Waals surface area contributed by atoms with E-state index >= 15 is 0 Å². The van der Waals surface area contributed by atoms with Crippen molar-refractivity contribution in [3.8, 4) is 17.2 Å². The van der Waals surface area contributed by atoms with Crippen molar-refractivity contribution in [2.75, 3.05) is 13.2 Å². The van der Waals surface area contributed by atoms with Gasteiger partial charge in [0.1, 0.15) is 12.4 Å². The zero-order valence-electron chi connectivity index (χ0n) is 19.6. The van der Waals surface area contributed by atoms with E-state index in [9.17, 15) is 4.79 Å². The van der Waals surface area contributed by atoms with E-state index in [0.717, 1.165) is 11.1 Å². The molecule has 0 fully saturated rings. The topological polar surface area (TPSA) is 69.2 Å². The molecule has 6 nitrogen and oxygen atoms in total. The van der Waals surface area contributed by atoms with E-state index in [0.29, 0.717) is 41.4 Å². The molecular weight excluding hydrogens is 452 g/mol. The average Bonchev–Trinajstić information content (AvgIpc) is 2.84. The predicted molar refractivity (Wildman–Crippen MR) is 135 cm³/mol. The molecule has 0 aliphatic carbocycles. The second-order valence-electron chi connectivity index (χ2n) is 7.86. The molecule has 0 aliphatic rings. The summed E-state index contributed by atoms with van der Waals surface area (Å²) in [5.41, 5.74) is 5.44. The Morgan fingerprint density at radius 2 is 1.71 bits per heavy atom. The highest BCUT2D eigenvalue weighted by molar-refractivity contribution is 6.30. The lowest BCUT2D eigenvalue weighted by molar-refractivity contribution is -0.123. The molecule has 178 valence electrons. The molecule has 3 rings (SSSR count). The number of benzene rings is 3. The van der Waals surface area contributed by atoms with Crippen LogP contribution in [-0.2, 0) is 11.4 Å². The van der Waals surface area contributed by atoms with E-state index < -0.39 is 0 Å². The van der Waals surface area contributed by atoms with Crippen molar-refractivity contribution in [1.29, 1.82) is 0 Å². The standard InChI is InChI=1S/C27H29ClN2O4/c1-4-32-26-15-21(7-14-25(26)34-17-20-5-10-23(28)11-6-20)16-29-30-27(31)18-33-24-12-8-22(9-13-24)19(2)3/h5-16,19H,4,17-18H2,1-3H3,(H,30,31)/b29-16+. The van der Waals surface area contributed by atoms with Gasteiger partial charge in [0, 0.05) is 5.02 Å². The van der Waals surface area contributed by atoms with Gasteiger partial charge >= 0.3 is 0 Å². The molecule has 0 bridgehead atoms. The third kappa shape index (κ3) is 7.81. The number of halogens is 1. The van der Waals surface area contributed by atoms with Crippen LogP contribution < -0.4 is 19.6 Å². The Morgan fingerprint density at radius 3 is 2.38 bits per heavy atom. The second kappa shape index (κ2) is 12.7. The number of carbonyl (C=O) groups is 1. The molecule has 0 radical (unpaired) electrons. The summed E-state index contributed by atoms with van der Waals surface area (Å²) in [4.78, 5) is 12.0. The summed E-state index contributed by atoms with van der Waals surface area (Å²) in [7, 11) is 0. The largest absolute Gasteiger partial charge is 0.490 e. The van der Waals surface area contributed by atoms with E-state index in [1.807, 2.05) is 73.7 Å². The molecule has 1 N–H and O–H groups in total. The summed E-state index contributed by atoms with van der Waals surface area (Å²) >= 11 is 5.93. The first kappa shape index (κ1) is 25.1. The van der Waals surface area contributed by atoms with E-state index in [-0.39, 0.29) is 12.5 Å². The lowest BCUT2D eigenvalue weighted by atomic mass is 10.0. The number of hydrazone groups is 1. The van der Waals surface area contributed by atoms with E-state index in [2.05, 4.69) is 24.4 Å². The quantitative estimate of drug-likeness (QED) is 0.271. The van der Waals surface area contributed by atoms with Crippen molar-refractivity contribution < 1.29 is 19.0 Å². The number of nitrogens with zero attached hydrogens (tertiary/aromatic N) is 1. The first-order valence-corrected chi connectivity index (χ1v) is 11.5. The number of amides is 1. The van der Waals surface area contributed by atoms with Crippen molar-refractivity contribution >= 4 is 23.7 Å². The molecule has 0 heterocycles.